The van der Waals surface area contributed by atoms with E-state index in [2.05, 4.69) is 23.3 Å². The molecule has 0 bridgehead atoms. The molecule has 1 aliphatic carbocycles. The van der Waals surface area contributed by atoms with Crippen LogP contribution in [0.2, 0.25) is 0 Å². The predicted octanol–water partition coefficient (Wildman–Crippen LogP) is 6.58. The minimum absolute atomic E-state index is 0.0198. The van der Waals surface area contributed by atoms with Gasteiger partial charge in [-0.1, -0.05) is 44.9 Å². The monoisotopic (exact) mass is 491 g/mol. The van der Waals surface area contributed by atoms with Gasteiger partial charge in [0.1, 0.15) is 17.3 Å². The van der Waals surface area contributed by atoms with Gasteiger partial charge in [0.2, 0.25) is 0 Å². The summed E-state index contributed by atoms with van der Waals surface area (Å²) in [4.78, 5) is 29.4. The molecular weight excluding hydrogens is 457 g/mol. The molecule has 1 aliphatic rings. The number of halogens is 1. The summed E-state index contributed by atoms with van der Waals surface area (Å²) < 4.78 is 16.2. The Hall–Kier alpha value is -3.48. The van der Waals surface area contributed by atoms with Crippen molar-refractivity contribution in [1.29, 1.82) is 0 Å². The zero-order valence-corrected chi connectivity index (χ0v) is 21.2. The van der Waals surface area contributed by atoms with Crippen molar-refractivity contribution in [2.24, 2.45) is 5.92 Å². The first-order valence-electron chi connectivity index (χ1n) is 12.8. The Morgan fingerprint density at radius 1 is 1.19 bits per heavy atom. The number of imidazole rings is 1. The van der Waals surface area contributed by atoms with Gasteiger partial charge in [-0.15, -0.1) is 0 Å². The molecule has 2 aromatic carbocycles. The summed E-state index contributed by atoms with van der Waals surface area (Å²) in [5, 5.41) is 12.3. The highest BCUT2D eigenvalue weighted by Gasteiger charge is 2.33. The molecule has 4 rings (SSSR count). The van der Waals surface area contributed by atoms with Gasteiger partial charge in [-0.3, -0.25) is 9.59 Å². The highest BCUT2D eigenvalue weighted by Crippen LogP contribution is 2.41. The molecule has 0 saturated carbocycles. The van der Waals surface area contributed by atoms with Crippen LogP contribution in [-0.2, 0) is 17.8 Å². The van der Waals surface area contributed by atoms with E-state index in [4.69, 9.17) is 0 Å². The van der Waals surface area contributed by atoms with E-state index in [1.807, 2.05) is 30.5 Å². The first-order chi connectivity index (χ1) is 17.3. The second-order valence-corrected chi connectivity index (χ2v) is 9.70. The zero-order chi connectivity index (χ0) is 25.8. The molecule has 36 heavy (non-hydrogen) atoms. The van der Waals surface area contributed by atoms with E-state index < -0.39 is 17.7 Å². The average molecular weight is 492 g/mol. The Balaban J connectivity index is 1.65. The molecule has 0 radical (unpaired) electrons. The Labute approximate surface area is 211 Å². The van der Waals surface area contributed by atoms with Crippen molar-refractivity contribution >= 4 is 17.6 Å². The number of aliphatic carboxylic acids is 1. The van der Waals surface area contributed by atoms with Crippen molar-refractivity contribution < 1.29 is 19.1 Å². The second kappa shape index (κ2) is 11.1. The van der Waals surface area contributed by atoms with Crippen LogP contribution < -0.4 is 5.32 Å². The molecule has 2 unspecified atom stereocenters. The molecule has 1 heterocycles. The molecular formula is C29H34FN3O3. The minimum Gasteiger partial charge on any atom is -0.481 e. The molecule has 1 aromatic heterocycles. The van der Waals surface area contributed by atoms with Gasteiger partial charge < -0.3 is 15.0 Å². The molecule has 0 saturated heterocycles. The van der Waals surface area contributed by atoms with Crippen molar-refractivity contribution in [1.82, 2.24) is 9.55 Å². The summed E-state index contributed by atoms with van der Waals surface area (Å²) in [6.45, 7) is 6.63. The summed E-state index contributed by atoms with van der Waals surface area (Å²) >= 11 is 0. The zero-order valence-electron chi connectivity index (χ0n) is 21.2. The van der Waals surface area contributed by atoms with Crippen molar-refractivity contribution in [3.8, 4) is 11.4 Å². The lowest BCUT2D eigenvalue weighted by Crippen LogP contribution is -2.19. The molecule has 0 fully saturated rings. The predicted molar refractivity (Wildman–Crippen MR) is 139 cm³/mol. The van der Waals surface area contributed by atoms with Gasteiger partial charge >= 0.3 is 5.97 Å². The van der Waals surface area contributed by atoms with Gasteiger partial charge in [0.25, 0.3) is 5.91 Å². The van der Waals surface area contributed by atoms with E-state index in [0.717, 1.165) is 60.9 Å². The summed E-state index contributed by atoms with van der Waals surface area (Å²) in [6, 6.07) is 10.7. The van der Waals surface area contributed by atoms with Crippen LogP contribution in [0.4, 0.5) is 10.1 Å². The maximum Gasteiger partial charge on any atom is 0.307 e. The number of fused-ring (bicyclic) bond motifs is 1. The third kappa shape index (κ3) is 5.35. The van der Waals surface area contributed by atoms with Gasteiger partial charge in [0.05, 0.1) is 11.6 Å². The van der Waals surface area contributed by atoms with Gasteiger partial charge in [-0.2, -0.15) is 0 Å². The lowest BCUT2D eigenvalue weighted by atomic mass is 9.85. The van der Waals surface area contributed by atoms with Crippen LogP contribution in [0, 0.1) is 18.7 Å². The number of benzene rings is 2. The SMILES string of the molecule is CCCCCn1cc(C(=O)Nc2cc(C)ccc2F)nc1-c1ccc2c(c1)CCC2C(CC)C(=O)O. The van der Waals surface area contributed by atoms with Crippen LogP contribution in [0.1, 0.15) is 79.0 Å². The number of carboxylic acid groups (broad SMARTS) is 1. The highest BCUT2D eigenvalue weighted by molar-refractivity contribution is 6.03. The van der Waals surface area contributed by atoms with Crippen LogP contribution >= 0.6 is 0 Å². The summed E-state index contributed by atoms with van der Waals surface area (Å²) in [5.74, 6) is -1.36. The Morgan fingerprint density at radius 2 is 2.00 bits per heavy atom. The fourth-order valence-corrected chi connectivity index (χ4v) is 5.22. The van der Waals surface area contributed by atoms with Crippen molar-refractivity contribution in [2.75, 3.05) is 5.32 Å². The van der Waals surface area contributed by atoms with Gasteiger partial charge in [0.15, 0.2) is 0 Å². The second-order valence-electron chi connectivity index (χ2n) is 9.70. The van der Waals surface area contributed by atoms with Gasteiger partial charge in [-0.25, -0.2) is 9.37 Å². The number of nitrogens with zero attached hydrogens (tertiary/aromatic N) is 2. The number of aromatic nitrogens is 2. The molecule has 2 N–H and O–H groups in total. The third-order valence-electron chi connectivity index (χ3n) is 7.15. The number of hydrogen-bond donors (Lipinski definition) is 2. The number of rotatable bonds is 10. The number of nitrogens with one attached hydrogen (secondary N) is 1. The normalized spacial score (nSPS) is 15.5. The largest absolute Gasteiger partial charge is 0.481 e. The smallest absolute Gasteiger partial charge is 0.307 e. The van der Waals surface area contributed by atoms with Gasteiger partial charge in [-0.05, 0) is 73.4 Å². The molecule has 0 aliphatic heterocycles. The topological polar surface area (TPSA) is 84.2 Å². The Kier molecular flexibility index (Phi) is 7.87. The van der Waals surface area contributed by atoms with Crippen LogP contribution in [-0.4, -0.2) is 26.5 Å². The third-order valence-corrected chi connectivity index (χ3v) is 7.15. The number of carbonyl (C=O) groups is 2. The molecule has 7 heteroatoms. The quantitative estimate of drug-likeness (QED) is 0.314. The summed E-state index contributed by atoms with van der Waals surface area (Å²) in [7, 11) is 0. The summed E-state index contributed by atoms with van der Waals surface area (Å²) in [5.41, 5.74) is 4.36. The van der Waals surface area contributed by atoms with E-state index in [1.165, 1.54) is 6.07 Å². The number of amides is 1. The molecule has 190 valence electrons. The highest BCUT2D eigenvalue weighted by atomic mass is 19.1. The van der Waals surface area contributed by atoms with Crippen molar-refractivity contribution in [3.05, 3.63) is 70.8 Å². The maximum atomic E-state index is 14.2. The minimum atomic E-state index is -0.744. The van der Waals surface area contributed by atoms with E-state index >= 15 is 0 Å². The fourth-order valence-electron chi connectivity index (χ4n) is 5.22. The van der Waals surface area contributed by atoms with Crippen molar-refractivity contribution in [3.63, 3.8) is 0 Å². The molecule has 6 nitrogen and oxygen atoms in total. The number of carbonyl (C=O) groups excluding carboxylic acids is 1. The molecule has 0 spiro atoms. The number of aryl methyl sites for hydroxylation is 3. The summed E-state index contributed by atoms with van der Waals surface area (Å²) in [6.07, 6.45) is 7.08. The van der Waals surface area contributed by atoms with Crippen LogP contribution in [0.15, 0.2) is 42.6 Å². The van der Waals surface area contributed by atoms with Crippen LogP contribution in [0.3, 0.4) is 0 Å². The standard InChI is InChI=1S/C29H34FN3O3/c1-4-6-7-14-33-17-26(28(34)32-25-15-18(3)8-13-24(25)30)31-27(33)20-10-11-22-19(16-20)9-12-23(22)21(5-2)29(35)36/h8,10-11,13,15-17,21,23H,4-7,9,12,14H2,1-3H3,(H,32,34)(H,35,36). The number of unbranched alkanes of at least 4 members (excludes halogenated alkanes) is 2. The van der Waals surface area contributed by atoms with E-state index in [1.54, 1.807) is 18.3 Å². The van der Waals surface area contributed by atoms with Crippen LogP contribution in [0.5, 0.6) is 0 Å². The average Bonchev–Trinajstić information content (AvgIpc) is 3.46. The van der Waals surface area contributed by atoms with E-state index in [-0.39, 0.29) is 23.2 Å². The number of hydrogen-bond acceptors (Lipinski definition) is 3. The number of carboxylic acids is 1. The van der Waals surface area contributed by atoms with E-state index in [9.17, 15) is 19.1 Å². The van der Waals surface area contributed by atoms with Crippen molar-refractivity contribution in [2.45, 2.75) is 71.8 Å². The fraction of sp³-hybridized carbons (Fsp3) is 0.414. The molecule has 3 aromatic rings. The van der Waals surface area contributed by atoms with Crippen LogP contribution in [0.25, 0.3) is 11.4 Å². The molecule has 1 amide bonds. The lowest BCUT2D eigenvalue weighted by Gasteiger charge is -2.19. The molecule has 2 atom stereocenters. The Bertz CT molecular complexity index is 1270. The van der Waals surface area contributed by atoms with E-state index in [0.29, 0.717) is 12.2 Å². The first kappa shape index (κ1) is 25.6. The van der Waals surface area contributed by atoms with Gasteiger partial charge in [0, 0.05) is 18.3 Å². The number of anilines is 1. The maximum absolute atomic E-state index is 14.2. The first-order valence-corrected chi connectivity index (χ1v) is 12.8. The Morgan fingerprint density at radius 3 is 2.72 bits per heavy atom. The lowest BCUT2D eigenvalue weighted by molar-refractivity contribution is -0.142.